The van der Waals surface area contributed by atoms with Crippen molar-refractivity contribution in [3.05, 3.63) is 23.3 Å². The lowest BCUT2D eigenvalue weighted by atomic mass is 9.43. The smallest absolute Gasteiger partial charge is 0.160 e. The number of hydrogen-bond donors (Lipinski definition) is 1. The monoisotopic (exact) mass is 468 g/mol. The Labute approximate surface area is 207 Å². The van der Waals surface area contributed by atoms with E-state index in [2.05, 4.69) is 62.0 Å². The summed E-state index contributed by atoms with van der Waals surface area (Å²) in [4.78, 5) is 28.0. The minimum absolute atomic E-state index is 0.0186. The standard InChI is InChI=1S/C31H48O3/c1-18(2)19(3)10-11-20(4)21-12-15-30(8)27-22(32)16-24-28(5,6)25(34)13-14-29(24,7)26(27)23(33)17-31(21,30)9/h18,20-21,24-25,34H,3,10-17H2,1-2,4-9H3. The van der Waals surface area contributed by atoms with Gasteiger partial charge >= 0.3 is 0 Å². The lowest BCUT2D eigenvalue weighted by molar-refractivity contribution is -0.141. The molecule has 2 fully saturated rings. The fourth-order valence-electron chi connectivity index (χ4n) is 9.01. The highest BCUT2D eigenvalue weighted by molar-refractivity contribution is 6.11. The molecule has 7 unspecified atom stereocenters. The van der Waals surface area contributed by atoms with Gasteiger partial charge in [-0.15, -0.1) is 0 Å². The summed E-state index contributed by atoms with van der Waals surface area (Å²) >= 11 is 0. The molecule has 3 nitrogen and oxygen atoms in total. The average molecular weight is 469 g/mol. The Hall–Kier alpha value is -1.22. The summed E-state index contributed by atoms with van der Waals surface area (Å²) < 4.78 is 0. The molecule has 0 amide bonds. The zero-order chi connectivity index (χ0) is 25.4. The lowest BCUT2D eigenvalue weighted by Crippen LogP contribution is -2.59. The first-order valence-electron chi connectivity index (χ1n) is 13.8. The molecule has 4 aliphatic carbocycles. The second-order valence-corrected chi connectivity index (χ2v) is 14.0. The molecule has 0 aromatic carbocycles. The van der Waals surface area contributed by atoms with Gasteiger partial charge in [-0.3, -0.25) is 9.59 Å². The van der Waals surface area contributed by atoms with Crippen LogP contribution in [0.15, 0.2) is 23.3 Å². The molecule has 0 aromatic heterocycles. The molecule has 0 aromatic rings. The van der Waals surface area contributed by atoms with Crippen molar-refractivity contribution in [2.45, 2.75) is 113 Å². The molecule has 0 radical (unpaired) electrons. The molecule has 3 heteroatoms. The number of rotatable bonds is 5. The Kier molecular flexibility index (Phi) is 6.20. The second-order valence-electron chi connectivity index (χ2n) is 14.0. The highest BCUT2D eigenvalue weighted by Crippen LogP contribution is 2.71. The van der Waals surface area contributed by atoms with Crippen LogP contribution in [0.2, 0.25) is 0 Å². The molecule has 4 aliphatic rings. The fraction of sp³-hybridized carbons (Fsp3) is 0.806. The zero-order valence-corrected chi connectivity index (χ0v) is 23.0. The summed E-state index contributed by atoms with van der Waals surface area (Å²) in [6.45, 7) is 22.1. The van der Waals surface area contributed by atoms with Gasteiger partial charge in [0.25, 0.3) is 0 Å². The predicted octanol–water partition coefficient (Wildman–Crippen LogP) is 7.08. The van der Waals surface area contributed by atoms with Crippen molar-refractivity contribution in [3.8, 4) is 0 Å². The molecule has 0 aliphatic heterocycles. The molecule has 2 saturated carbocycles. The first kappa shape index (κ1) is 25.9. The van der Waals surface area contributed by atoms with Gasteiger partial charge in [0.05, 0.1) is 6.10 Å². The van der Waals surface area contributed by atoms with E-state index in [1.807, 2.05) is 0 Å². The van der Waals surface area contributed by atoms with E-state index in [4.69, 9.17) is 0 Å². The third kappa shape index (κ3) is 3.39. The van der Waals surface area contributed by atoms with Gasteiger partial charge in [0.1, 0.15) is 0 Å². The van der Waals surface area contributed by atoms with Crippen LogP contribution in [0.25, 0.3) is 0 Å². The van der Waals surface area contributed by atoms with E-state index in [-0.39, 0.29) is 39.1 Å². The first-order chi connectivity index (χ1) is 15.6. The Morgan fingerprint density at radius 3 is 2.26 bits per heavy atom. The lowest BCUT2D eigenvalue weighted by Gasteiger charge is -2.60. The third-order valence-corrected chi connectivity index (χ3v) is 11.8. The van der Waals surface area contributed by atoms with Crippen molar-refractivity contribution >= 4 is 11.6 Å². The predicted molar refractivity (Wildman–Crippen MR) is 138 cm³/mol. The molecule has 34 heavy (non-hydrogen) atoms. The van der Waals surface area contributed by atoms with Gasteiger partial charge in [-0.2, -0.15) is 0 Å². The zero-order valence-electron chi connectivity index (χ0n) is 23.0. The Morgan fingerprint density at radius 2 is 1.65 bits per heavy atom. The molecule has 1 N–H and O–H groups in total. The Bertz CT molecular complexity index is 938. The van der Waals surface area contributed by atoms with Crippen LogP contribution in [0.5, 0.6) is 0 Å². The molecular formula is C31H48O3. The first-order valence-corrected chi connectivity index (χ1v) is 13.8. The van der Waals surface area contributed by atoms with E-state index in [0.717, 1.165) is 43.3 Å². The summed E-state index contributed by atoms with van der Waals surface area (Å²) in [5.74, 6) is 1.87. The highest BCUT2D eigenvalue weighted by Gasteiger charge is 2.67. The summed E-state index contributed by atoms with van der Waals surface area (Å²) in [5, 5.41) is 10.8. The summed E-state index contributed by atoms with van der Waals surface area (Å²) in [6, 6.07) is 0. The van der Waals surface area contributed by atoms with Gasteiger partial charge in [0.15, 0.2) is 11.6 Å². The molecule has 7 atom stereocenters. The maximum absolute atomic E-state index is 14.1. The van der Waals surface area contributed by atoms with Crippen molar-refractivity contribution in [3.63, 3.8) is 0 Å². The van der Waals surface area contributed by atoms with Crippen LogP contribution in [-0.4, -0.2) is 22.8 Å². The second kappa shape index (κ2) is 8.15. The third-order valence-electron chi connectivity index (χ3n) is 11.8. The molecule has 4 rings (SSSR count). The molecule has 190 valence electrons. The van der Waals surface area contributed by atoms with E-state index < -0.39 is 6.10 Å². The molecule has 0 bridgehead atoms. The van der Waals surface area contributed by atoms with Crippen molar-refractivity contribution in [2.75, 3.05) is 0 Å². The van der Waals surface area contributed by atoms with Gasteiger partial charge in [0.2, 0.25) is 0 Å². The van der Waals surface area contributed by atoms with E-state index in [1.165, 1.54) is 5.57 Å². The summed E-state index contributed by atoms with van der Waals surface area (Å²) in [6.07, 6.45) is 6.33. The number of carbonyl (C=O) groups excluding carboxylic acids is 2. The van der Waals surface area contributed by atoms with Gasteiger partial charge in [-0.05, 0) is 73.0 Å². The number of aliphatic hydroxyl groups is 1. The SMILES string of the molecule is C=C(CCC(C)C1CCC2(C)C3=C(C(=O)CC12C)C1(C)CCC(O)C(C)(C)C1CC3=O)C(C)C. The highest BCUT2D eigenvalue weighted by atomic mass is 16.3. The van der Waals surface area contributed by atoms with Crippen LogP contribution in [-0.2, 0) is 9.59 Å². The van der Waals surface area contributed by atoms with Crippen LogP contribution in [0, 0.1) is 45.3 Å². The normalized spacial score (nSPS) is 42.4. The number of aliphatic hydroxyl groups excluding tert-OH is 1. The molecule has 0 spiro atoms. The van der Waals surface area contributed by atoms with Crippen LogP contribution in [0.4, 0.5) is 0 Å². The Morgan fingerprint density at radius 1 is 1.00 bits per heavy atom. The van der Waals surface area contributed by atoms with Crippen molar-refractivity contribution in [2.24, 2.45) is 45.3 Å². The van der Waals surface area contributed by atoms with Gasteiger partial charge in [-0.25, -0.2) is 0 Å². The minimum atomic E-state index is -0.419. The minimum Gasteiger partial charge on any atom is -0.393 e. The van der Waals surface area contributed by atoms with Crippen LogP contribution in [0.3, 0.4) is 0 Å². The van der Waals surface area contributed by atoms with Crippen molar-refractivity contribution in [1.29, 1.82) is 0 Å². The van der Waals surface area contributed by atoms with E-state index in [1.54, 1.807) is 0 Å². The quantitative estimate of drug-likeness (QED) is 0.438. The van der Waals surface area contributed by atoms with Gasteiger partial charge < -0.3 is 5.11 Å². The van der Waals surface area contributed by atoms with Crippen LogP contribution < -0.4 is 0 Å². The maximum atomic E-state index is 14.1. The van der Waals surface area contributed by atoms with Gasteiger partial charge in [0, 0.05) is 34.8 Å². The molecule has 0 saturated heterocycles. The number of carbonyl (C=O) groups is 2. The van der Waals surface area contributed by atoms with E-state index >= 15 is 0 Å². The number of Topliss-reactive ketones (excluding diaryl/α,β-unsaturated/α-hetero) is 2. The van der Waals surface area contributed by atoms with Crippen molar-refractivity contribution in [1.82, 2.24) is 0 Å². The van der Waals surface area contributed by atoms with Gasteiger partial charge in [-0.1, -0.05) is 67.5 Å². The number of allylic oxidation sites excluding steroid dienone is 3. The Balaban J connectivity index is 1.74. The van der Waals surface area contributed by atoms with Crippen LogP contribution >= 0.6 is 0 Å². The van der Waals surface area contributed by atoms with Crippen LogP contribution in [0.1, 0.15) is 107 Å². The maximum Gasteiger partial charge on any atom is 0.160 e. The molecule has 0 heterocycles. The fourth-order valence-corrected chi connectivity index (χ4v) is 9.01. The van der Waals surface area contributed by atoms with E-state index in [9.17, 15) is 14.7 Å². The summed E-state index contributed by atoms with van der Waals surface area (Å²) in [7, 11) is 0. The number of ketones is 2. The largest absolute Gasteiger partial charge is 0.393 e. The average Bonchev–Trinajstić information content (AvgIpc) is 3.01. The summed E-state index contributed by atoms with van der Waals surface area (Å²) in [5.41, 5.74) is 1.96. The van der Waals surface area contributed by atoms with E-state index in [0.29, 0.717) is 37.0 Å². The molecular weight excluding hydrogens is 420 g/mol. The van der Waals surface area contributed by atoms with Crippen molar-refractivity contribution < 1.29 is 14.7 Å². The number of hydrogen-bond acceptors (Lipinski definition) is 3. The topological polar surface area (TPSA) is 54.4 Å². The number of fused-ring (bicyclic) bond motifs is 4.